The van der Waals surface area contributed by atoms with Crippen LogP contribution in [0.2, 0.25) is 6.55 Å². The zero-order valence-electron chi connectivity index (χ0n) is 9.95. The van der Waals surface area contributed by atoms with Crippen LogP contribution in [0.1, 0.15) is 0 Å². The van der Waals surface area contributed by atoms with Gasteiger partial charge in [0.2, 0.25) is 0 Å². The average molecular weight is 443 g/mol. The molecule has 2 aliphatic rings. The third-order valence-electron chi connectivity index (χ3n) is 2.60. The van der Waals surface area contributed by atoms with Gasteiger partial charge in [0.25, 0.3) is 29.3 Å². The summed E-state index contributed by atoms with van der Waals surface area (Å²) >= 11 is 35.3. The molecule has 1 aliphatic carbocycles. The minimum atomic E-state index is -1.10. The van der Waals surface area contributed by atoms with Gasteiger partial charge in [0, 0.05) is 0 Å². The Morgan fingerprint density at radius 1 is 0.684 bits per heavy atom. The summed E-state index contributed by atoms with van der Waals surface area (Å²) in [5, 5.41) is -2.62. The molecule has 1 aliphatic heterocycles. The molecular weight excluding hydrogens is 429 g/mol. The van der Waals surface area contributed by atoms with Gasteiger partial charge in [-0.2, -0.15) is 0 Å². The van der Waals surface area contributed by atoms with Crippen LogP contribution in [-0.2, 0) is 12.3 Å². The molecule has 1 saturated heterocycles. The lowest BCUT2D eigenvalue weighted by molar-refractivity contribution is 0.328. The van der Waals surface area contributed by atoms with Gasteiger partial charge in [-0.15, -0.1) is 69.6 Å². The van der Waals surface area contributed by atoms with E-state index < -0.39 is 61.6 Å². The van der Waals surface area contributed by atoms with Gasteiger partial charge < -0.3 is 12.3 Å². The average Bonchev–Trinajstić information content (AvgIpc) is 2.42. The Bertz CT molecular complexity index is 216. The van der Waals surface area contributed by atoms with Crippen molar-refractivity contribution < 1.29 is 12.3 Å². The molecule has 0 aromatic rings. The van der Waals surface area contributed by atoms with Gasteiger partial charge in [0.05, 0.1) is 32.3 Å². The van der Waals surface area contributed by atoms with E-state index in [1.807, 2.05) is 6.55 Å². The summed E-state index contributed by atoms with van der Waals surface area (Å²) in [6.45, 7) is 2.04. The minimum Gasteiger partial charge on any atom is -0.425 e. The molecule has 19 heavy (non-hydrogen) atoms. The van der Waals surface area contributed by atoms with Gasteiger partial charge >= 0.3 is 0 Å². The first-order valence-corrected chi connectivity index (χ1v) is 12.5. The van der Waals surface area contributed by atoms with E-state index in [2.05, 4.69) is 0 Å². The molecule has 0 atom stereocenters. The molecule has 3 nitrogen and oxygen atoms in total. The summed E-state index contributed by atoms with van der Waals surface area (Å²) in [6, 6.07) is 0. The molecule has 1 heterocycles. The van der Waals surface area contributed by atoms with Crippen molar-refractivity contribution in [2.75, 3.05) is 0 Å². The molecule has 12 heteroatoms. The highest BCUT2D eigenvalue weighted by Crippen LogP contribution is 2.39. The Kier molecular flexibility index (Phi) is 9.58. The second-order valence-corrected chi connectivity index (χ2v) is 12.9. The Hall–Kier alpha value is 2.27. The summed E-state index contributed by atoms with van der Waals surface area (Å²) < 4.78 is 15.3. The standard InChI is InChI=1S/C6H6Cl6.CH8O3Si3/c7-1-2(8)4(10)6(12)5(11)3(1)9;1-7-3-5-2-6-4-7/h1-6H;7H,5-6H2,1H3/t1-,2-,3-,4+,5+,6+;. The molecule has 0 unspecified atom stereocenters. The maximum Gasteiger partial charge on any atom is 0.299 e. The molecule has 0 amide bonds. The molecule has 0 N–H and O–H groups in total. The predicted octanol–water partition coefficient (Wildman–Crippen LogP) is 1.54. The lowest BCUT2D eigenvalue weighted by Crippen LogP contribution is -2.52. The zero-order chi connectivity index (χ0) is 14.6. The fraction of sp³-hybridized carbons (Fsp3) is 1.00. The van der Waals surface area contributed by atoms with Crippen molar-refractivity contribution >= 4 is 98.9 Å². The molecular formula is C7H14Cl6O3Si3. The number of hydrogen-bond donors (Lipinski definition) is 0. The highest BCUT2D eigenvalue weighted by molar-refractivity contribution is 6.60. The van der Waals surface area contributed by atoms with E-state index in [0.29, 0.717) is 0 Å². The van der Waals surface area contributed by atoms with E-state index in [0.717, 1.165) is 0 Å². The zero-order valence-corrected chi connectivity index (χ0v) is 18.5. The highest BCUT2D eigenvalue weighted by atomic mass is 35.5. The Balaban J connectivity index is 0.000000218. The summed E-state index contributed by atoms with van der Waals surface area (Å²) in [5.74, 6) is 0. The van der Waals surface area contributed by atoms with Crippen molar-refractivity contribution in [2.45, 2.75) is 38.8 Å². The first-order valence-electron chi connectivity index (χ1n) is 5.51. The van der Waals surface area contributed by atoms with Crippen LogP contribution in [0.15, 0.2) is 0 Å². The summed E-state index contributed by atoms with van der Waals surface area (Å²) in [6.07, 6.45) is 0. The van der Waals surface area contributed by atoms with Gasteiger partial charge in [-0.25, -0.2) is 0 Å². The van der Waals surface area contributed by atoms with Crippen molar-refractivity contribution in [3.05, 3.63) is 0 Å². The summed E-state index contributed by atoms with van der Waals surface area (Å²) in [5.41, 5.74) is 0. The first-order chi connectivity index (χ1) is 8.86. The SMILES string of the molecule is C[SiH]1O[SiH2]O[SiH2]O1.Cl[C@H]1[C@H](Cl)[C@@H](Cl)[C@@H](Cl)[C@H](Cl)[C@H]1Cl. The van der Waals surface area contributed by atoms with E-state index in [1.165, 1.54) is 0 Å². The smallest absolute Gasteiger partial charge is 0.299 e. The van der Waals surface area contributed by atoms with Gasteiger partial charge in [0.1, 0.15) is 0 Å². The van der Waals surface area contributed by atoms with E-state index in [4.69, 9.17) is 82.0 Å². The van der Waals surface area contributed by atoms with Crippen LogP contribution < -0.4 is 0 Å². The fourth-order valence-corrected chi connectivity index (χ4v) is 9.31. The van der Waals surface area contributed by atoms with Crippen molar-refractivity contribution in [1.82, 2.24) is 0 Å². The van der Waals surface area contributed by atoms with Crippen molar-refractivity contribution in [2.24, 2.45) is 0 Å². The number of rotatable bonds is 0. The van der Waals surface area contributed by atoms with E-state index in [1.54, 1.807) is 0 Å². The molecule has 0 bridgehead atoms. The first kappa shape index (κ1) is 19.3. The molecule has 2 rings (SSSR count). The van der Waals surface area contributed by atoms with Crippen LogP contribution in [0.25, 0.3) is 0 Å². The predicted molar refractivity (Wildman–Crippen MR) is 91.2 cm³/mol. The van der Waals surface area contributed by atoms with Crippen molar-refractivity contribution in [1.29, 1.82) is 0 Å². The summed E-state index contributed by atoms with van der Waals surface area (Å²) in [7, 11) is -2.18. The van der Waals surface area contributed by atoms with Crippen LogP contribution in [0, 0.1) is 0 Å². The van der Waals surface area contributed by atoms with Crippen LogP contribution in [0.4, 0.5) is 0 Å². The largest absolute Gasteiger partial charge is 0.425 e. The molecule has 0 aromatic carbocycles. The third kappa shape index (κ3) is 5.76. The van der Waals surface area contributed by atoms with Gasteiger partial charge in [-0.05, 0) is 6.55 Å². The Morgan fingerprint density at radius 2 is 0.947 bits per heavy atom. The molecule has 114 valence electrons. The van der Waals surface area contributed by atoms with Gasteiger partial charge in [-0.3, -0.25) is 0 Å². The van der Waals surface area contributed by atoms with Crippen LogP contribution in [-0.4, -0.2) is 61.6 Å². The lowest BCUT2D eigenvalue weighted by Gasteiger charge is -2.37. The van der Waals surface area contributed by atoms with E-state index >= 15 is 0 Å². The quantitative estimate of drug-likeness (QED) is 0.420. The highest BCUT2D eigenvalue weighted by Gasteiger charge is 2.46. The van der Waals surface area contributed by atoms with Crippen LogP contribution >= 0.6 is 69.6 Å². The molecule has 0 aromatic heterocycles. The monoisotopic (exact) mass is 440 g/mol. The van der Waals surface area contributed by atoms with Crippen molar-refractivity contribution in [3.8, 4) is 0 Å². The van der Waals surface area contributed by atoms with Crippen LogP contribution in [0.3, 0.4) is 0 Å². The second-order valence-electron chi connectivity index (χ2n) is 4.01. The van der Waals surface area contributed by atoms with Crippen LogP contribution in [0.5, 0.6) is 0 Å². The second kappa shape index (κ2) is 9.42. The molecule has 0 radical (unpaired) electrons. The Morgan fingerprint density at radius 3 is 1.11 bits per heavy atom. The van der Waals surface area contributed by atoms with Gasteiger partial charge in [-0.1, -0.05) is 0 Å². The third-order valence-corrected chi connectivity index (χ3v) is 12.8. The number of halogens is 6. The van der Waals surface area contributed by atoms with E-state index in [9.17, 15) is 0 Å². The minimum absolute atomic E-state index is 0.437. The lowest BCUT2D eigenvalue weighted by atomic mass is 9.97. The maximum atomic E-state index is 5.88. The molecule has 0 spiro atoms. The number of hydrogen-bond acceptors (Lipinski definition) is 3. The fourth-order valence-electron chi connectivity index (χ4n) is 1.42. The van der Waals surface area contributed by atoms with E-state index in [-0.39, 0.29) is 0 Å². The molecule has 2 fully saturated rings. The summed E-state index contributed by atoms with van der Waals surface area (Å²) in [4.78, 5) is 0. The topological polar surface area (TPSA) is 27.7 Å². The van der Waals surface area contributed by atoms with Crippen molar-refractivity contribution in [3.63, 3.8) is 0 Å². The normalized spacial score (nSPS) is 49.7. The molecule has 1 saturated carbocycles. The number of alkyl halides is 6. The maximum absolute atomic E-state index is 5.88. The van der Waals surface area contributed by atoms with Gasteiger partial charge in [0.15, 0.2) is 0 Å². The Labute approximate surface area is 149 Å².